The maximum absolute atomic E-state index is 13.0. The van der Waals surface area contributed by atoms with E-state index in [4.69, 9.17) is 0 Å². The van der Waals surface area contributed by atoms with Gasteiger partial charge in [0.25, 0.3) is 0 Å². The Morgan fingerprint density at radius 2 is 2.04 bits per heavy atom. The van der Waals surface area contributed by atoms with E-state index in [9.17, 15) is 4.79 Å². The molecule has 3 heterocycles. The summed E-state index contributed by atoms with van der Waals surface area (Å²) in [6.45, 7) is 3.54. The van der Waals surface area contributed by atoms with Gasteiger partial charge in [0.2, 0.25) is 5.91 Å². The molecule has 0 saturated heterocycles. The molecule has 1 amide bonds. The molecule has 0 spiro atoms. The summed E-state index contributed by atoms with van der Waals surface area (Å²) in [5.74, 6) is 0.140. The highest BCUT2D eigenvalue weighted by atomic mass is 32.1. The summed E-state index contributed by atoms with van der Waals surface area (Å²) in [6.07, 6.45) is 2.46. The van der Waals surface area contributed by atoms with Crippen LogP contribution in [0.1, 0.15) is 28.0 Å². The van der Waals surface area contributed by atoms with E-state index >= 15 is 0 Å². The molecule has 1 aliphatic heterocycles. The Balaban J connectivity index is 1.67. The Labute approximate surface area is 145 Å². The molecule has 0 saturated carbocycles. The van der Waals surface area contributed by atoms with Crippen molar-refractivity contribution < 1.29 is 4.79 Å². The number of thiazole rings is 1. The van der Waals surface area contributed by atoms with Gasteiger partial charge in [0, 0.05) is 30.4 Å². The average molecular weight is 337 g/mol. The topological polar surface area (TPSA) is 38.1 Å². The molecule has 0 fully saturated rings. The van der Waals surface area contributed by atoms with Crippen LogP contribution in [0.25, 0.3) is 0 Å². The molecule has 1 atom stereocenters. The van der Waals surface area contributed by atoms with Crippen LogP contribution in [0.15, 0.2) is 54.0 Å². The van der Waals surface area contributed by atoms with Crippen molar-refractivity contribution in [2.24, 2.45) is 0 Å². The number of nitrogens with zero attached hydrogens (tertiary/aromatic N) is 3. The van der Waals surface area contributed by atoms with Crippen molar-refractivity contribution >= 4 is 17.2 Å². The van der Waals surface area contributed by atoms with Crippen LogP contribution in [0.5, 0.6) is 0 Å². The lowest BCUT2D eigenvalue weighted by Crippen LogP contribution is -2.43. The van der Waals surface area contributed by atoms with Crippen LogP contribution in [0.2, 0.25) is 0 Å². The molecule has 4 rings (SSSR count). The Kier molecular flexibility index (Phi) is 3.94. The number of hydrogen-bond donors (Lipinski definition) is 0. The van der Waals surface area contributed by atoms with Gasteiger partial charge in [0.15, 0.2) is 0 Å². The van der Waals surface area contributed by atoms with Crippen LogP contribution in [0.3, 0.4) is 0 Å². The number of hydrogen-bond acceptors (Lipinski definition) is 3. The molecule has 0 radical (unpaired) electrons. The van der Waals surface area contributed by atoms with Crippen molar-refractivity contribution in [1.82, 2.24) is 14.5 Å². The van der Waals surface area contributed by atoms with E-state index in [1.807, 2.05) is 35.4 Å². The minimum atomic E-state index is -0.0258. The molecule has 3 aromatic rings. The Morgan fingerprint density at radius 1 is 1.21 bits per heavy atom. The van der Waals surface area contributed by atoms with E-state index in [2.05, 4.69) is 40.0 Å². The van der Waals surface area contributed by atoms with E-state index in [0.29, 0.717) is 6.42 Å². The molecule has 5 heteroatoms. The molecule has 24 heavy (non-hydrogen) atoms. The molecule has 0 unspecified atom stereocenters. The van der Waals surface area contributed by atoms with E-state index in [1.54, 1.807) is 11.3 Å². The Hall–Kier alpha value is -2.40. The van der Waals surface area contributed by atoms with Gasteiger partial charge < -0.3 is 9.47 Å². The Bertz CT molecular complexity index is 852. The number of rotatable bonds is 3. The van der Waals surface area contributed by atoms with Crippen molar-refractivity contribution in [1.29, 1.82) is 0 Å². The third-order valence-corrected chi connectivity index (χ3v) is 5.30. The summed E-state index contributed by atoms with van der Waals surface area (Å²) in [4.78, 5) is 19.4. The molecule has 1 aliphatic rings. The maximum Gasteiger partial charge on any atom is 0.229 e. The molecular formula is C19H19N3OS. The first-order valence-corrected chi connectivity index (χ1v) is 9.01. The smallest absolute Gasteiger partial charge is 0.229 e. The first-order valence-electron chi connectivity index (χ1n) is 8.13. The molecule has 1 aromatic carbocycles. The molecule has 4 nitrogen and oxygen atoms in total. The number of fused-ring (bicyclic) bond motifs is 1. The van der Waals surface area contributed by atoms with Crippen molar-refractivity contribution in [2.75, 3.05) is 6.54 Å². The fourth-order valence-electron chi connectivity index (χ4n) is 3.38. The fourth-order valence-corrected chi connectivity index (χ4v) is 4.00. The van der Waals surface area contributed by atoms with Gasteiger partial charge in [-0.05, 0) is 24.6 Å². The number of amides is 1. The van der Waals surface area contributed by atoms with Crippen LogP contribution in [-0.2, 0) is 17.8 Å². The number of benzene rings is 1. The van der Waals surface area contributed by atoms with Gasteiger partial charge in [-0.25, -0.2) is 4.98 Å². The van der Waals surface area contributed by atoms with E-state index in [1.165, 1.54) is 5.69 Å². The second kappa shape index (κ2) is 6.24. The fraction of sp³-hybridized carbons (Fsp3) is 0.263. The molecule has 122 valence electrons. The second-order valence-corrected chi connectivity index (χ2v) is 7.12. The maximum atomic E-state index is 13.0. The monoisotopic (exact) mass is 337 g/mol. The van der Waals surface area contributed by atoms with Crippen LogP contribution in [0, 0.1) is 6.92 Å². The van der Waals surface area contributed by atoms with Crippen molar-refractivity contribution in [3.8, 4) is 0 Å². The molecule has 0 aliphatic carbocycles. The standard InChI is InChI=1S/C19H19N3OS/c1-14-20-16(13-24-14)12-18(23)22-11-10-21-9-5-8-17(21)19(22)15-6-3-2-4-7-15/h2-9,13,19H,10-12H2,1H3/t19-/m1/s1. The van der Waals surface area contributed by atoms with Gasteiger partial charge in [0.05, 0.1) is 23.2 Å². The van der Waals surface area contributed by atoms with Crippen LogP contribution < -0.4 is 0 Å². The van der Waals surface area contributed by atoms with Crippen molar-refractivity contribution in [2.45, 2.75) is 25.9 Å². The number of aromatic nitrogens is 2. The first kappa shape index (κ1) is 15.1. The minimum absolute atomic E-state index is 0.0258. The molecule has 0 N–H and O–H groups in total. The second-order valence-electron chi connectivity index (χ2n) is 6.06. The normalized spacial score (nSPS) is 16.9. The summed E-state index contributed by atoms with van der Waals surface area (Å²) >= 11 is 1.59. The molecule has 2 aromatic heterocycles. The quantitative estimate of drug-likeness (QED) is 0.734. The summed E-state index contributed by atoms with van der Waals surface area (Å²) in [5, 5.41) is 2.99. The summed E-state index contributed by atoms with van der Waals surface area (Å²) < 4.78 is 2.24. The zero-order valence-electron chi connectivity index (χ0n) is 13.6. The van der Waals surface area contributed by atoms with Crippen LogP contribution in [-0.4, -0.2) is 26.9 Å². The highest BCUT2D eigenvalue weighted by Gasteiger charge is 2.32. The number of carbonyl (C=O) groups excluding carboxylic acids is 1. The minimum Gasteiger partial charge on any atom is -0.348 e. The lowest BCUT2D eigenvalue weighted by molar-refractivity contribution is -0.133. The summed E-state index contributed by atoms with van der Waals surface area (Å²) in [5.41, 5.74) is 3.20. The van der Waals surface area contributed by atoms with Crippen LogP contribution in [0.4, 0.5) is 0 Å². The predicted octanol–water partition coefficient (Wildman–Crippen LogP) is 3.43. The SMILES string of the molecule is Cc1nc(CC(=O)N2CCn3cccc3[C@H]2c2ccccc2)cs1. The number of aryl methyl sites for hydroxylation is 1. The average Bonchev–Trinajstić information content (AvgIpc) is 3.23. The van der Waals surface area contributed by atoms with Gasteiger partial charge in [-0.1, -0.05) is 30.3 Å². The van der Waals surface area contributed by atoms with E-state index < -0.39 is 0 Å². The lowest BCUT2D eigenvalue weighted by atomic mass is 9.99. The third-order valence-electron chi connectivity index (χ3n) is 4.47. The summed E-state index contributed by atoms with van der Waals surface area (Å²) in [7, 11) is 0. The lowest BCUT2D eigenvalue weighted by Gasteiger charge is -2.37. The molecular weight excluding hydrogens is 318 g/mol. The highest BCUT2D eigenvalue weighted by Crippen LogP contribution is 2.32. The third kappa shape index (κ3) is 2.76. The van der Waals surface area contributed by atoms with E-state index in [0.717, 1.165) is 29.4 Å². The van der Waals surface area contributed by atoms with Gasteiger partial charge in [-0.2, -0.15) is 0 Å². The zero-order chi connectivity index (χ0) is 16.5. The van der Waals surface area contributed by atoms with Crippen LogP contribution >= 0.6 is 11.3 Å². The zero-order valence-corrected chi connectivity index (χ0v) is 14.4. The van der Waals surface area contributed by atoms with Gasteiger partial charge >= 0.3 is 0 Å². The highest BCUT2D eigenvalue weighted by molar-refractivity contribution is 7.09. The Morgan fingerprint density at radius 3 is 2.79 bits per heavy atom. The van der Waals surface area contributed by atoms with Gasteiger partial charge in [0.1, 0.15) is 0 Å². The first-order chi connectivity index (χ1) is 11.7. The largest absolute Gasteiger partial charge is 0.348 e. The van der Waals surface area contributed by atoms with Crippen molar-refractivity contribution in [3.05, 3.63) is 76.0 Å². The van der Waals surface area contributed by atoms with Crippen molar-refractivity contribution in [3.63, 3.8) is 0 Å². The molecule has 0 bridgehead atoms. The van der Waals surface area contributed by atoms with E-state index in [-0.39, 0.29) is 11.9 Å². The summed E-state index contributed by atoms with van der Waals surface area (Å²) in [6, 6.07) is 14.4. The number of carbonyl (C=O) groups is 1. The van der Waals surface area contributed by atoms with Gasteiger partial charge in [-0.15, -0.1) is 11.3 Å². The van der Waals surface area contributed by atoms with Gasteiger partial charge in [-0.3, -0.25) is 4.79 Å². The predicted molar refractivity (Wildman–Crippen MR) is 95.0 cm³/mol.